The quantitative estimate of drug-likeness (QED) is 0.116. The maximum atomic E-state index is 2.56. The Labute approximate surface area is 361 Å². The predicted molar refractivity (Wildman–Crippen MR) is 259 cm³/mol. The highest BCUT2D eigenvalue weighted by Gasteiger charge is 2.45. The Bertz CT molecular complexity index is 2300. The van der Waals surface area contributed by atoms with E-state index in [1.165, 1.54) is 77.0 Å². The monoisotopic (exact) mass is 793 g/mol. The molecular formula is C60H72. The molecule has 0 amide bonds. The molecule has 0 atom stereocenters. The SMILES string of the molecule is CC(C)C1Cc2c3c4c(c5c6c(c7c8c(c9c%10c(c%11c%12c(c(c2c2c4c6c8c%10c%122)C1)CC(C(C)C)C%11)CC(C(C)C)C9)CC(C(C)C)C7)CC(C(C)C)C5)CC(C(C)C)C3. The van der Waals surface area contributed by atoms with Gasteiger partial charge in [-0.3, -0.25) is 0 Å². The molecule has 0 aliphatic heterocycles. The molecular weight excluding hydrogens is 721 g/mol. The minimum absolute atomic E-state index is 0.697. The minimum Gasteiger partial charge on any atom is -0.0625 e. The molecule has 6 aliphatic rings. The van der Waals surface area contributed by atoms with Crippen molar-refractivity contribution in [2.75, 3.05) is 0 Å². The molecule has 13 rings (SSSR count). The van der Waals surface area contributed by atoms with Crippen molar-refractivity contribution in [1.82, 2.24) is 0 Å². The second-order valence-electron chi connectivity index (χ2n) is 24.7. The Morgan fingerprint density at radius 2 is 0.283 bits per heavy atom. The van der Waals surface area contributed by atoms with Gasteiger partial charge in [0.25, 0.3) is 0 Å². The van der Waals surface area contributed by atoms with Crippen LogP contribution in [-0.2, 0) is 77.0 Å². The number of rotatable bonds is 6. The average Bonchev–Trinajstić information content (AvgIpc) is 3.22. The highest BCUT2D eigenvalue weighted by Crippen LogP contribution is 2.63. The van der Waals surface area contributed by atoms with Crippen molar-refractivity contribution in [2.24, 2.45) is 71.0 Å². The molecule has 0 saturated heterocycles. The molecule has 0 spiro atoms. The summed E-state index contributed by atoms with van der Waals surface area (Å²) in [6.45, 7) is 30.7. The molecule has 6 aliphatic carbocycles. The molecule has 7 aromatic carbocycles. The second kappa shape index (κ2) is 12.3. The van der Waals surface area contributed by atoms with Gasteiger partial charge in [-0.1, -0.05) is 83.1 Å². The Morgan fingerprint density at radius 3 is 0.367 bits per heavy atom. The zero-order valence-electron chi connectivity index (χ0n) is 39.4. The number of hydrogen-bond acceptors (Lipinski definition) is 0. The molecule has 0 N–H and O–H groups in total. The Morgan fingerprint density at radius 1 is 0.183 bits per heavy atom. The molecule has 0 unspecified atom stereocenters. The minimum atomic E-state index is 0.697. The van der Waals surface area contributed by atoms with E-state index in [2.05, 4.69) is 83.1 Å². The molecule has 0 bridgehead atoms. The average molecular weight is 793 g/mol. The summed E-state index contributed by atoms with van der Waals surface area (Å²) in [6, 6.07) is 0. The standard InChI is InChI=1S/C60H72/c1-25(2)31-13-37-39-15-32(26(3)4)17-41-43-19-34(28(7)8)21-45-47-23-36(30(11)12)24-48-46-22-35(29(9)10)20-44-42-18-33(27(5)6)16-40-38(14-31)49(37)55-56(50(39)41)58(52(43)45)60(54(47)48)59(53(44)46)57(55)51(40)42/h25-36H,13-24H2,1-12H3. The third-order valence-electron chi connectivity index (χ3n) is 20.1. The first-order valence-corrected chi connectivity index (χ1v) is 25.6. The van der Waals surface area contributed by atoms with E-state index in [0.29, 0.717) is 35.5 Å². The third kappa shape index (κ3) is 4.47. The smallest absolute Gasteiger partial charge is 0.000770 e. The topological polar surface area (TPSA) is 0 Å². The fourth-order valence-corrected chi connectivity index (χ4v) is 16.1. The highest BCUT2D eigenvalue weighted by atomic mass is 14.5. The van der Waals surface area contributed by atoms with E-state index in [-0.39, 0.29) is 0 Å². The van der Waals surface area contributed by atoms with Gasteiger partial charge in [0.15, 0.2) is 0 Å². The number of benzene rings is 7. The highest BCUT2D eigenvalue weighted by molar-refractivity contribution is 6.48. The van der Waals surface area contributed by atoms with Crippen LogP contribution in [0.25, 0.3) is 64.6 Å². The molecule has 0 nitrogen and oxygen atoms in total. The molecule has 0 heterocycles. The van der Waals surface area contributed by atoms with E-state index in [9.17, 15) is 0 Å². The lowest BCUT2D eigenvalue weighted by Crippen LogP contribution is -2.32. The van der Waals surface area contributed by atoms with Crippen LogP contribution in [0.3, 0.4) is 0 Å². The van der Waals surface area contributed by atoms with Crippen molar-refractivity contribution in [3.05, 3.63) is 66.8 Å². The van der Waals surface area contributed by atoms with Gasteiger partial charge in [0.2, 0.25) is 0 Å². The van der Waals surface area contributed by atoms with Gasteiger partial charge in [-0.15, -0.1) is 0 Å². The Hall–Kier alpha value is -3.12. The predicted octanol–water partition coefficient (Wildman–Crippen LogP) is 15.1. The van der Waals surface area contributed by atoms with Crippen molar-refractivity contribution in [2.45, 2.75) is 160 Å². The lowest BCUT2D eigenvalue weighted by atomic mass is 9.59. The molecule has 0 aromatic heterocycles. The molecule has 0 fully saturated rings. The zero-order valence-corrected chi connectivity index (χ0v) is 39.4. The van der Waals surface area contributed by atoms with Crippen LogP contribution < -0.4 is 0 Å². The first kappa shape index (κ1) is 37.4. The maximum Gasteiger partial charge on any atom is -0.000770 e. The van der Waals surface area contributed by atoms with Crippen molar-refractivity contribution in [3.8, 4) is 0 Å². The molecule has 0 saturated carbocycles. The third-order valence-corrected chi connectivity index (χ3v) is 20.1. The Kier molecular flexibility index (Phi) is 7.69. The Balaban J connectivity index is 1.35. The van der Waals surface area contributed by atoms with E-state index in [4.69, 9.17) is 0 Å². The molecule has 312 valence electrons. The van der Waals surface area contributed by atoms with Crippen LogP contribution in [0.15, 0.2) is 0 Å². The van der Waals surface area contributed by atoms with Crippen molar-refractivity contribution in [1.29, 1.82) is 0 Å². The van der Waals surface area contributed by atoms with E-state index >= 15 is 0 Å². The first-order chi connectivity index (χ1) is 28.7. The summed E-state index contributed by atoms with van der Waals surface area (Å²) in [7, 11) is 0. The van der Waals surface area contributed by atoms with Gasteiger partial charge in [0.1, 0.15) is 0 Å². The number of hydrogen-bond donors (Lipinski definition) is 0. The van der Waals surface area contributed by atoms with Crippen molar-refractivity contribution in [3.63, 3.8) is 0 Å². The summed E-state index contributed by atoms with van der Waals surface area (Å²) < 4.78 is 0. The fraction of sp³-hybridized carbons (Fsp3) is 0.600. The van der Waals surface area contributed by atoms with Gasteiger partial charge >= 0.3 is 0 Å². The summed E-state index contributed by atoms with van der Waals surface area (Å²) >= 11 is 0. The first-order valence-electron chi connectivity index (χ1n) is 25.6. The van der Waals surface area contributed by atoms with E-state index < -0.39 is 0 Å². The summed E-state index contributed by atoms with van der Waals surface area (Å²) in [5, 5.41) is 21.4. The maximum absolute atomic E-state index is 2.56. The summed E-state index contributed by atoms with van der Waals surface area (Å²) in [5.41, 5.74) is 22.0. The van der Waals surface area contributed by atoms with Gasteiger partial charge in [-0.2, -0.15) is 0 Å². The van der Waals surface area contributed by atoms with Gasteiger partial charge in [0, 0.05) is 0 Å². The van der Waals surface area contributed by atoms with Crippen LogP contribution in [0, 0.1) is 71.0 Å². The lowest BCUT2D eigenvalue weighted by molar-refractivity contribution is 0.349. The zero-order chi connectivity index (χ0) is 41.3. The van der Waals surface area contributed by atoms with Gasteiger partial charge in [-0.25, -0.2) is 0 Å². The van der Waals surface area contributed by atoms with E-state index in [1.54, 1.807) is 64.6 Å². The molecule has 0 heteroatoms. The van der Waals surface area contributed by atoms with Crippen molar-refractivity contribution < 1.29 is 0 Å². The van der Waals surface area contributed by atoms with Crippen LogP contribution in [-0.4, -0.2) is 0 Å². The van der Waals surface area contributed by atoms with Crippen LogP contribution in [0.1, 0.15) is 150 Å². The van der Waals surface area contributed by atoms with E-state index in [1.807, 2.05) is 66.8 Å². The van der Waals surface area contributed by atoms with Crippen LogP contribution in [0.4, 0.5) is 0 Å². The van der Waals surface area contributed by atoms with Crippen LogP contribution in [0.5, 0.6) is 0 Å². The summed E-state index contributed by atoms with van der Waals surface area (Å²) in [4.78, 5) is 0. The lowest BCUT2D eigenvalue weighted by Gasteiger charge is -2.45. The summed E-state index contributed by atoms with van der Waals surface area (Å²) in [6.07, 6.45) is 15.4. The van der Waals surface area contributed by atoms with E-state index in [0.717, 1.165) is 35.5 Å². The van der Waals surface area contributed by atoms with Crippen LogP contribution in [0.2, 0.25) is 0 Å². The second-order valence-corrected chi connectivity index (χ2v) is 24.7. The molecule has 60 heavy (non-hydrogen) atoms. The van der Waals surface area contributed by atoms with Crippen molar-refractivity contribution >= 4 is 64.6 Å². The molecule has 0 radical (unpaired) electrons. The largest absolute Gasteiger partial charge is 0.0625 e. The number of fused-ring (bicyclic) bond motifs is 6. The normalized spacial score (nSPS) is 26.1. The summed E-state index contributed by atoms with van der Waals surface area (Å²) in [5.74, 6) is 8.53. The van der Waals surface area contributed by atoms with Gasteiger partial charge < -0.3 is 0 Å². The van der Waals surface area contributed by atoms with Gasteiger partial charge in [0.05, 0.1) is 0 Å². The van der Waals surface area contributed by atoms with Gasteiger partial charge in [-0.05, 0) is 279 Å². The fourth-order valence-electron chi connectivity index (χ4n) is 16.1. The van der Waals surface area contributed by atoms with Crippen LogP contribution >= 0.6 is 0 Å². The molecule has 7 aromatic rings.